The van der Waals surface area contributed by atoms with E-state index in [0.717, 1.165) is 39.0 Å². The van der Waals surface area contributed by atoms with Crippen molar-refractivity contribution in [1.29, 1.82) is 0 Å². The van der Waals surface area contributed by atoms with Gasteiger partial charge in [0.25, 0.3) is 0 Å². The molecule has 10 nitrogen and oxygen atoms in total. The second-order valence-electron chi connectivity index (χ2n) is 8.49. The Balaban J connectivity index is 1.54. The summed E-state index contributed by atoms with van der Waals surface area (Å²) in [4.78, 5) is 38.8. The van der Waals surface area contributed by atoms with E-state index in [9.17, 15) is 9.59 Å². The van der Waals surface area contributed by atoms with Crippen molar-refractivity contribution in [3.8, 4) is 17.0 Å². The first-order valence-corrected chi connectivity index (χ1v) is 11.6. The van der Waals surface area contributed by atoms with E-state index in [4.69, 9.17) is 9.47 Å². The molecule has 1 aliphatic rings. The third kappa shape index (κ3) is 4.57. The highest BCUT2D eigenvalue weighted by Crippen LogP contribution is 2.34. The number of rotatable bonds is 7. The molecule has 3 aromatic heterocycles. The molecule has 2 N–H and O–H groups in total. The fourth-order valence-electron chi connectivity index (χ4n) is 4.50. The van der Waals surface area contributed by atoms with E-state index < -0.39 is 0 Å². The van der Waals surface area contributed by atoms with E-state index in [0.29, 0.717) is 44.8 Å². The average Bonchev–Trinajstić information content (AvgIpc) is 3.49. The van der Waals surface area contributed by atoms with E-state index in [1.54, 1.807) is 14.2 Å². The van der Waals surface area contributed by atoms with Gasteiger partial charge in [-0.1, -0.05) is 0 Å². The van der Waals surface area contributed by atoms with Crippen LogP contribution in [-0.4, -0.2) is 76.7 Å². The summed E-state index contributed by atoms with van der Waals surface area (Å²) in [5, 5.41) is 4.48. The normalized spacial score (nSPS) is 13.9. The van der Waals surface area contributed by atoms with Crippen LogP contribution in [0.4, 0.5) is 0 Å². The SMILES string of the molecule is CNC(=O)CCc1ncnc2[nH]c(-c3cn(CC(=O)N4CCOCC4)c4ccc(OC)cc34)cc12. The van der Waals surface area contributed by atoms with E-state index >= 15 is 0 Å². The van der Waals surface area contributed by atoms with Crippen LogP contribution in [0.5, 0.6) is 5.75 Å². The van der Waals surface area contributed by atoms with Crippen molar-refractivity contribution >= 4 is 33.8 Å². The number of aromatic nitrogens is 4. The van der Waals surface area contributed by atoms with Crippen LogP contribution in [0.3, 0.4) is 0 Å². The van der Waals surface area contributed by atoms with Crippen molar-refractivity contribution in [1.82, 2.24) is 29.7 Å². The molecule has 182 valence electrons. The number of hydrogen-bond acceptors (Lipinski definition) is 6. The molecule has 35 heavy (non-hydrogen) atoms. The van der Waals surface area contributed by atoms with Crippen LogP contribution >= 0.6 is 0 Å². The first-order chi connectivity index (χ1) is 17.1. The minimum Gasteiger partial charge on any atom is -0.497 e. The third-order valence-electron chi connectivity index (χ3n) is 6.42. The van der Waals surface area contributed by atoms with Gasteiger partial charge >= 0.3 is 0 Å². The van der Waals surface area contributed by atoms with Crippen molar-refractivity contribution < 1.29 is 19.1 Å². The highest BCUT2D eigenvalue weighted by molar-refractivity contribution is 5.99. The number of H-pyrrole nitrogens is 1. The van der Waals surface area contributed by atoms with Gasteiger partial charge in [-0.25, -0.2) is 9.97 Å². The summed E-state index contributed by atoms with van der Waals surface area (Å²) in [7, 11) is 3.26. The molecule has 0 spiro atoms. The Bertz CT molecular complexity index is 1390. The first kappa shape index (κ1) is 22.9. The molecule has 0 aliphatic carbocycles. The number of amides is 2. The quantitative estimate of drug-likeness (QED) is 0.422. The van der Waals surface area contributed by atoms with Gasteiger partial charge in [0.15, 0.2) is 0 Å². The minimum atomic E-state index is -0.0346. The van der Waals surface area contributed by atoms with Gasteiger partial charge in [-0.05, 0) is 30.7 Å². The Morgan fingerprint density at radius 1 is 1.17 bits per heavy atom. The number of nitrogens with one attached hydrogen (secondary N) is 2. The lowest BCUT2D eigenvalue weighted by molar-refractivity contribution is -0.135. The zero-order valence-electron chi connectivity index (χ0n) is 19.8. The second kappa shape index (κ2) is 9.75. The molecule has 1 aromatic carbocycles. The standard InChI is InChI=1S/C25H28N6O4/c1-26-23(32)6-4-20-18-12-21(29-25(18)28-15-27-20)19-13-31(14-24(33)30-7-9-35-10-8-30)22-5-3-16(34-2)11-17(19)22/h3,5,11-13,15H,4,6-10,14H2,1-2H3,(H,26,32)(H,27,28,29). The Labute approximate surface area is 202 Å². The van der Waals surface area contributed by atoms with Crippen molar-refractivity contribution in [3.63, 3.8) is 0 Å². The predicted octanol–water partition coefficient (Wildman–Crippen LogP) is 2.13. The zero-order chi connectivity index (χ0) is 24.4. The first-order valence-electron chi connectivity index (χ1n) is 11.6. The summed E-state index contributed by atoms with van der Waals surface area (Å²) in [6.07, 6.45) is 4.36. The topological polar surface area (TPSA) is 114 Å². The zero-order valence-corrected chi connectivity index (χ0v) is 19.8. The molecule has 0 saturated carbocycles. The van der Waals surface area contributed by atoms with Gasteiger partial charge < -0.3 is 29.2 Å². The van der Waals surface area contributed by atoms with Gasteiger partial charge in [0.2, 0.25) is 11.8 Å². The fraction of sp³-hybridized carbons (Fsp3) is 0.360. The number of aryl methyl sites for hydroxylation is 1. The molecule has 0 atom stereocenters. The van der Waals surface area contributed by atoms with Crippen LogP contribution in [0.15, 0.2) is 36.8 Å². The number of ether oxygens (including phenoxy) is 2. The molecule has 5 rings (SSSR count). The molecule has 0 radical (unpaired) electrons. The van der Waals surface area contributed by atoms with Crippen molar-refractivity contribution in [3.05, 3.63) is 42.5 Å². The number of carbonyl (C=O) groups excluding carboxylic acids is 2. The predicted molar refractivity (Wildman–Crippen MR) is 131 cm³/mol. The molecule has 1 aliphatic heterocycles. The molecule has 4 aromatic rings. The maximum absolute atomic E-state index is 13.0. The lowest BCUT2D eigenvalue weighted by Gasteiger charge is -2.27. The summed E-state index contributed by atoms with van der Waals surface area (Å²) in [6.45, 7) is 2.59. The summed E-state index contributed by atoms with van der Waals surface area (Å²) in [5.74, 6) is 0.761. The smallest absolute Gasteiger partial charge is 0.242 e. The van der Waals surface area contributed by atoms with Gasteiger partial charge in [0.1, 0.15) is 24.3 Å². The Morgan fingerprint density at radius 3 is 2.77 bits per heavy atom. The monoisotopic (exact) mass is 476 g/mol. The third-order valence-corrected chi connectivity index (χ3v) is 6.42. The second-order valence-corrected chi connectivity index (χ2v) is 8.49. The summed E-state index contributed by atoms with van der Waals surface area (Å²) in [5.41, 5.74) is 4.24. The Morgan fingerprint density at radius 2 is 2.00 bits per heavy atom. The number of morpholine rings is 1. The van der Waals surface area contributed by atoms with E-state index in [1.807, 2.05) is 39.9 Å². The van der Waals surface area contributed by atoms with Crippen LogP contribution in [0.25, 0.3) is 33.2 Å². The average molecular weight is 477 g/mol. The van der Waals surface area contributed by atoms with Crippen LogP contribution in [0.1, 0.15) is 12.1 Å². The molecule has 10 heteroatoms. The molecule has 4 heterocycles. The largest absolute Gasteiger partial charge is 0.497 e. The number of aromatic amines is 1. The Kier molecular flexibility index (Phi) is 6.37. The van der Waals surface area contributed by atoms with Crippen LogP contribution in [0, 0.1) is 0 Å². The lowest BCUT2D eigenvalue weighted by atomic mass is 10.1. The summed E-state index contributed by atoms with van der Waals surface area (Å²) >= 11 is 0. The van der Waals surface area contributed by atoms with Gasteiger partial charge in [-0.15, -0.1) is 0 Å². The number of carbonyl (C=O) groups is 2. The maximum Gasteiger partial charge on any atom is 0.242 e. The van der Waals surface area contributed by atoms with Crippen LogP contribution in [0.2, 0.25) is 0 Å². The van der Waals surface area contributed by atoms with Crippen molar-refractivity contribution in [2.75, 3.05) is 40.5 Å². The van der Waals surface area contributed by atoms with Gasteiger partial charge in [-0.3, -0.25) is 9.59 Å². The van der Waals surface area contributed by atoms with Gasteiger partial charge in [-0.2, -0.15) is 0 Å². The number of benzene rings is 1. The molecular weight excluding hydrogens is 448 g/mol. The minimum absolute atomic E-state index is 0.0346. The molecule has 0 unspecified atom stereocenters. The molecule has 1 saturated heterocycles. The molecule has 1 fully saturated rings. The Hall–Kier alpha value is -3.92. The molecular formula is C25H28N6O4. The molecule has 0 bridgehead atoms. The number of fused-ring (bicyclic) bond motifs is 2. The van der Waals surface area contributed by atoms with Crippen LogP contribution < -0.4 is 10.1 Å². The van der Waals surface area contributed by atoms with E-state index in [2.05, 4.69) is 20.3 Å². The lowest BCUT2D eigenvalue weighted by Crippen LogP contribution is -2.42. The summed E-state index contributed by atoms with van der Waals surface area (Å²) in [6, 6.07) is 7.86. The van der Waals surface area contributed by atoms with E-state index in [-0.39, 0.29) is 18.4 Å². The van der Waals surface area contributed by atoms with Gasteiger partial charge in [0.05, 0.1) is 26.0 Å². The number of methoxy groups -OCH3 is 1. The van der Waals surface area contributed by atoms with Crippen molar-refractivity contribution in [2.24, 2.45) is 0 Å². The highest BCUT2D eigenvalue weighted by atomic mass is 16.5. The highest BCUT2D eigenvalue weighted by Gasteiger charge is 2.20. The van der Waals surface area contributed by atoms with Gasteiger partial charge in [0, 0.05) is 60.3 Å². The van der Waals surface area contributed by atoms with Crippen molar-refractivity contribution in [2.45, 2.75) is 19.4 Å². The molecule has 2 amide bonds. The summed E-state index contributed by atoms with van der Waals surface area (Å²) < 4.78 is 12.8. The van der Waals surface area contributed by atoms with E-state index in [1.165, 1.54) is 6.33 Å². The van der Waals surface area contributed by atoms with Crippen LogP contribution in [-0.2, 0) is 27.3 Å². The maximum atomic E-state index is 13.0. The number of hydrogen-bond donors (Lipinski definition) is 2. The fourth-order valence-corrected chi connectivity index (χ4v) is 4.50. The number of nitrogens with zero attached hydrogens (tertiary/aromatic N) is 4.